The third-order valence-corrected chi connectivity index (χ3v) is 8.10. The van der Waals surface area contributed by atoms with Crippen LogP contribution in [-0.4, -0.2) is 55.6 Å². The first kappa shape index (κ1) is 30.4. The Labute approximate surface area is 227 Å². The fourth-order valence-corrected chi connectivity index (χ4v) is 5.47. The summed E-state index contributed by atoms with van der Waals surface area (Å²) in [6.07, 6.45) is -0.150. The number of carbonyl (C=O) groups is 1. The van der Waals surface area contributed by atoms with Crippen LogP contribution in [0.1, 0.15) is 40.4 Å². The molecule has 210 valence electrons. The first-order chi connectivity index (χ1) is 18.6. The Kier molecular flexibility index (Phi) is 11.1. The first-order valence-electron chi connectivity index (χ1n) is 12.8. The lowest BCUT2D eigenvalue weighted by molar-refractivity contribution is 0.0829. The molecule has 0 bridgehead atoms. The molecule has 1 amide bonds. The molecule has 0 aliphatic carbocycles. The summed E-state index contributed by atoms with van der Waals surface area (Å²) >= 11 is 0. The summed E-state index contributed by atoms with van der Waals surface area (Å²) in [6, 6.07) is 15.4. The number of hydrogen-bond acceptors (Lipinski definition) is 6. The van der Waals surface area contributed by atoms with Crippen LogP contribution in [0.4, 0.5) is 8.78 Å². The van der Waals surface area contributed by atoms with Crippen molar-refractivity contribution >= 4 is 15.7 Å². The molecule has 2 atom stereocenters. The molecule has 3 aromatic rings. The van der Waals surface area contributed by atoms with Gasteiger partial charge in [0.1, 0.15) is 11.6 Å². The van der Waals surface area contributed by atoms with Crippen LogP contribution in [0, 0.1) is 11.6 Å². The molecule has 0 aliphatic heterocycles. The number of aryl methyl sites for hydroxylation is 1. The number of aliphatic hydroxyl groups excluding tert-OH is 2. The Morgan fingerprint density at radius 2 is 1.62 bits per heavy atom. The molecular weight excluding hydrogens is 526 g/mol. The van der Waals surface area contributed by atoms with E-state index in [-0.39, 0.29) is 47.8 Å². The topological polar surface area (TPSA) is 116 Å². The van der Waals surface area contributed by atoms with Crippen molar-refractivity contribution in [3.8, 4) is 0 Å². The molecule has 39 heavy (non-hydrogen) atoms. The van der Waals surface area contributed by atoms with Crippen LogP contribution in [-0.2, 0) is 29.2 Å². The number of hydrogen-bond donors (Lipinski definition) is 4. The summed E-state index contributed by atoms with van der Waals surface area (Å²) in [5, 5.41) is 25.7. The van der Waals surface area contributed by atoms with Gasteiger partial charge in [-0.2, -0.15) is 0 Å². The second kappa shape index (κ2) is 14.3. The minimum Gasteiger partial charge on any atom is -0.396 e. The zero-order chi connectivity index (χ0) is 28.4. The Morgan fingerprint density at radius 3 is 2.26 bits per heavy atom. The molecule has 0 spiro atoms. The van der Waals surface area contributed by atoms with E-state index in [1.165, 1.54) is 29.8 Å². The van der Waals surface area contributed by atoms with E-state index < -0.39 is 39.5 Å². The van der Waals surface area contributed by atoms with Gasteiger partial charge in [0.25, 0.3) is 5.91 Å². The van der Waals surface area contributed by atoms with Crippen LogP contribution in [0.15, 0.2) is 71.6 Å². The molecule has 7 nitrogen and oxygen atoms in total. The monoisotopic (exact) mass is 560 g/mol. The molecule has 0 saturated carbocycles. The van der Waals surface area contributed by atoms with Crippen LogP contribution < -0.4 is 10.6 Å². The summed E-state index contributed by atoms with van der Waals surface area (Å²) < 4.78 is 52.3. The zero-order valence-corrected chi connectivity index (χ0v) is 22.6. The fourth-order valence-electron chi connectivity index (χ4n) is 4.17. The van der Waals surface area contributed by atoms with Gasteiger partial charge < -0.3 is 20.8 Å². The van der Waals surface area contributed by atoms with Crippen LogP contribution in [0.5, 0.6) is 0 Å². The molecule has 4 N–H and O–H groups in total. The van der Waals surface area contributed by atoms with Gasteiger partial charge in [-0.15, -0.1) is 0 Å². The first-order valence-corrected chi connectivity index (χ1v) is 14.4. The Balaban J connectivity index is 1.72. The number of nitrogens with one attached hydrogen (secondary N) is 2. The van der Waals surface area contributed by atoms with Crippen molar-refractivity contribution in [1.29, 1.82) is 0 Å². The van der Waals surface area contributed by atoms with E-state index in [2.05, 4.69) is 23.6 Å². The highest BCUT2D eigenvalue weighted by Gasteiger charge is 2.23. The smallest absolute Gasteiger partial charge is 0.251 e. The molecule has 0 aliphatic rings. The van der Waals surface area contributed by atoms with Gasteiger partial charge in [0.05, 0.1) is 22.8 Å². The molecule has 0 fully saturated rings. The Morgan fingerprint density at radius 1 is 0.949 bits per heavy atom. The van der Waals surface area contributed by atoms with E-state index in [4.69, 9.17) is 5.11 Å². The van der Waals surface area contributed by atoms with Gasteiger partial charge in [-0.3, -0.25) is 4.79 Å². The standard InChI is InChI=1S/C29H34F2N2O5S/c1-2-20-5-3-6-21(13-20)18-32-19-28(35)27(16-22-14-24(30)17-25(31)15-22)33-29(36)23-7-9-26(10-8-23)39(37,38)12-4-11-34/h3,5-10,13-15,17,27-28,32,34-35H,2,4,11-12,16,18-19H2,1H3,(H,33,36). The van der Waals surface area contributed by atoms with Crippen molar-refractivity contribution in [1.82, 2.24) is 10.6 Å². The Hall–Kier alpha value is -3.18. The van der Waals surface area contributed by atoms with Gasteiger partial charge in [-0.05, 0) is 72.4 Å². The zero-order valence-electron chi connectivity index (χ0n) is 21.7. The summed E-state index contributed by atoms with van der Waals surface area (Å²) in [4.78, 5) is 13.0. The number of sulfone groups is 1. The van der Waals surface area contributed by atoms with Crippen molar-refractivity contribution in [2.24, 2.45) is 0 Å². The number of benzene rings is 3. The minimum atomic E-state index is -3.60. The van der Waals surface area contributed by atoms with Gasteiger partial charge in [0.15, 0.2) is 9.84 Å². The average Bonchev–Trinajstić information content (AvgIpc) is 2.91. The van der Waals surface area contributed by atoms with Crippen molar-refractivity contribution in [3.05, 3.63) is 101 Å². The fraction of sp³-hybridized carbons (Fsp3) is 0.345. The van der Waals surface area contributed by atoms with E-state index in [1.54, 1.807) is 0 Å². The molecule has 0 aromatic heterocycles. The second-order valence-electron chi connectivity index (χ2n) is 9.35. The molecule has 3 rings (SSSR count). The predicted molar refractivity (Wildman–Crippen MR) is 145 cm³/mol. The SMILES string of the molecule is CCc1cccc(CNCC(O)C(Cc2cc(F)cc(F)c2)NC(=O)c2ccc(S(=O)(=O)CCCO)cc2)c1. The van der Waals surface area contributed by atoms with Gasteiger partial charge >= 0.3 is 0 Å². The van der Waals surface area contributed by atoms with Gasteiger partial charge in [0, 0.05) is 31.3 Å². The second-order valence-corrected chi connectivity index (χ2v) is 11.5. The maximum atomic E-state index is 13.8. The normalized spacial score (nSPS) is 13.2. The minimum absolute atomic E-state index is 0.0238. The van der Waals surface area contributed by atoms with Crippen LogP contribution >= 0.6 is 0 Å². The van der Waals surface area contributed by atoms with E-state index in [0.717, 1.165) is 30.2 Å². The third-order valence-electron chi connectivity index (χ3n) is 6.29. The van der Waals surface area contributed by atoms with Crippen LogP contribution in [0.3, 0.4) is 0 Å². The third kappa shape index (κ3) is 9.21. The largest absolute Gasteiger partial charge is 0.396 e. The molecule has 3 aromatic carbocycles. The number of halogens is 2. The van der Waals surface area contributed by atoms with Gasteiger partial charge in [0.2, 0.25) is 0 Å². The van der Waals surface area contributed by atoms with Gasteiger partial charge in [-0.1, -0.05) is 31.2 Å². The highest BCUT2D eigenvalue weighted by Crippen LogP contribution is 2.16. The summed E-state index contributed by atoms with van der Waals surface area (Å²) in [5.74, 6) is -2.33. The molecule has 0 saturated heterocycles. The van der Waals surface area contributed by atoms with E-state index >= 15 is 0 Å². The number of aliphatic hydroxyl groups is 2. The van der Waals surface area contributed by atoms with Crippen molar-refractivity contribution < 1.29 is 32.2 Å². The van der Waals surface area contributed by atoms with E-state index in [9.17, 15) is 27.1 Å². The van der Waals surface area contributed by atoms with Crippen LogP contribution in [0.25, 0.3) is 0 Å². The predicted octanol–water partition coefficient (Wildman–Crippen LogP) is 3.18. The molecule has 0 heterocycles. The number of rotatable bonds is 14. The number of carbonyl (C=O) groups excluding carboxylic acids is 1. The molecule has 0 radical (unpaired) electrons. The van der Waals surface area contributed by atoms with E-state index in [1.807, 2.05) is 18.2 Å². The van der Waals surface area contributed by atoms with Crippen molar-refractivity contribution in [3.63, 3.8) is 0 Å². The maximum absolute atomic E-state index is 13.8. The summed E-state index contributed by atoms with van der Waals surface area (Å²) in [7, 11) is -3.60. The highest BCUT2D eigenvalue weighted by atomic mass is 32.2. The number of amides is 1. The summed E-state index contributed by atoms with van der Waals surface area (Å²) in [6.45, 7) is 2.38. The average molecular weight is 561 g/mol. The Bertz CT molecular complexity index is 1330. The summed E-state index contributed by atoms with van der Waals surface area (Å²) in [5.41, 5.74) is 2.63. The lowest BCUT2D eigenvalue weighted by Gasteiger charge is -2.25. The molecular formula is C29H34F2N2O5S. The molecule has 10 heteroatoms. The molecule has 2 unspecified atom stereocenters. The highest BCUT2D eigenvalue weighted by molar-refractivity contribution is 7.91. The lowest BCUT2D eigenvalue weighted by Crippen LogP contribution is -2.48. The lowest BCUT2D eigenvalue weighted by atomic mass is 10.00. The van der Waals surface area contributed by atoms with Crippen molar-refractivity contribution in [2.75, 3.05) is 18.9 Å². The van der Waals surface area contributed by atoms with Gasteiger partial charge in [-0.25, -0.2) is 17.2 Å². The van der Waals surface area contributed by atoms with E-state index in [0.29, 0.717) is 6.54 Å². The van der Waals surface area contributed by atoms with Crippen molar-refractivity contribution in [2.45, 2.75) is 49.8 Å². The maximum Gasteiger partial charge on any atom is 0.251 e. The quantitative estimate of drug-likeness (QED) is 0.241. The van der Waals surface area contributed by atoms with Crippen LogP contribution in [0.2, 0.25) is 0 Å².